The molecule has 0 bridgehead atoms. The number of nitrogens with zero attached hydrogens (tertiary/aromatic N) is 1. The van der Waals surface area contributed by atoms with Crippen molar-refractivity contribution in [2.75, 3.05) is 18.4 Å². The molecule has 1 amide bonds. The number of sulfonamides is 1. The van der Waals surface area contributed by atoms with E-state index in [0.29, 0.717) is 36.5 Å². The van der Waals surface area contributed by atoms with Crippen molar-refractivity contribution in [2.45, 2.75) is 44.8 Å². The predicted octanol–water partition coefficient (Wildman–Crippen LogP) is 4.86. The zero-order valence-electron chi connectivity index (χ0n) is 17.3. The Morgan fingerprint density at radius 3 is 2.40 bits per heavy atom. The highest BCUT2D eigenvalue weighted by molar-refractivity contribution is 7.88. The minimum Gasteiger partial charge on any atom is -0.326 e. The number of amides is 1. The van der Waals surface area contributed by atoms with Crippen LogP contribution in [-0.2, 0) is 27.0 Å². The lowest BCUT2D eigenvalue weighted by Gasteiger charge is -2.30. The molecule has 0 aliphatic carbocycles. The van der Waals surface area contributed by atoms with Crippen LogP contribution < -0.4 is 5.32 Å². The molecule has 3 rings (SSSR count). The van der Waals surface area contributed by atoms with Gasteiger partial charge in [0.1, 0.15) is 0 Å². The van der Waals surface area contributed by atoms with Crippen LogP contribution >= 0.6 is 11.6 Å². The van der Waals surface area contributed by atoms with Crippen LogP contribution in [0, 0.1) is 5.92 Å². The fourth-order valence-corrected chi connectivity index (χ4v) is 5.56. The topological polar surface area (TPSA) is 66.5 Å². The van der Waals surface area contributed by atoms with E-state index in [4.69, 9.17) is 11.6 Å². The molecular formula is C23H29ClN2O3S. The summed E-state index contributed by atoms with van der Waals surface area (Å²) in [4.78, 5) is 12.6. The quantitative estimate of drug-likeness (QED) is 0.626. The van der Waals surface area contributed by atoms with Crippen LogP contribution in [0.3, 0.4) is 0 Å². The van der Waals surface area contributed by atoms with Crippen molar-refractivity contribution in [3.63, 3.8) is 0 Å². The Labute approximate surface area is 184 Å². The van der Waals surface area contributed by atoms with Gasteiger partial charge < -0.3 is 5.32 Å². The molecule has 2 aromatic rings. The maximum Gasteiger partial charge on any atom is 0.227 e. The Hall–Kier alpha value is -1.89. The Bertz CT molecular complexity index is 953. The van der Waals surface area contributed by atoms with Crippen molar-refractivity contribution < 1.29 is 13.2 Å². The van der Waals surface area contributed by atoms with E-state index in [9.17, 15) is 13.2 Å². The summed E-state index contributed by atoms with van der Waals surface area (Å²) in [5.41, 5.74) is 2.65. The molecule has 0 atom stereocenters. The van der Waals surface area contributed by atoms with Crippen molar-refractivity contribution in [1.29, 1.82) is 0 Å². The van der Waals surface area contributed by atoms with E-state index in [1.165, 1.54) is 9.87 Å². The third-order valence-electron chi connectivity index (χ3n) is 5.55. The van der Waals surface area contributed by atoms with E-state index in [2.05, 4.69) is 24.4 Å². The van der Waals surface area contributed by atoms with E-state index in [0.717, 1.165) is 24.9 Å². The first kappa shape index (κ1) is 22.8. The molecule has 0 spiro atoms. The van der Waals surface area contributed by atoms with Crippen LogP contribution in [0.5, 0.6) is 0 Å². The molecule has 1 aliphatic heterocycles. The van der Waals surface area contributed by atoms with Gasteiger partial charge in [-0.25, -0.2) is 12.7 Å². The van der Waals surface area contributed by atoms with Gasteiger partial charge in [0.05, 0.1) is 5.75 Å². The van der Waals surface area contributed by atoms with E-state index in [-0.39, 0.29) is 17.6 Å². The SMILES string of the molecule is CCCCc1ccc(NC(=O)C2CCN(S(=O)(=O)Cc3ccccc3Cl)CC2)cc1. The first-order chi connectivity index (χ1) is 14.4. The number of rotatable bonds is 8. The number of halogens is 1. The Balaban J connectivity index is 1.52. The number of carbonyl (C=O) groups is 1. The van der Waals surface area contributed by atoms with Crippen LogP contribution in [0.15, 0.2) is 48.5 Å². The largest absolute Gasteiger partial charge is 0.326 e. The zero-order valence-corrected chi connectivity index (χ0v) is 18.9. The maximum atomic E-state index is 12.7. The lowest BCUT2D eigenvalue weighted by molar-refractivity contribution is -0.120. The van der Waals surface area contributed by atoms with Gasteiger partial charge in [0.15, 0.2) is 0 Å². The fraction of sp³-hybridized carbons (Fsp3) is 0.435. The Morgan fingerprint density at radius 2 is 1.77 bits per heavy atom. The molecule has 1 aliphatic rings. The zero-order chi connectivity index (χ0) is 21.6. The van der Waals surface area contributed by atoms with Crippen molar-refractivity contribution >= 4 is 33.2 Å². The molecule has 30 heavy (non-hydrogen) atoms. The molecule has 0 aromatic heterocycles. The first-order valence-electron chi connectivity index (χ1n) is 10.5. The van der Waals surface area contributed by atoms with Crippen molar-refractivity contribution in [3.8, 4) is 0 Å². The van der Waals surface area contributed by atoms with E-state index in [1.807, 2.05) is 12.1 Å². The summed E-state index contributed by atoms with van der Waals surface area (Å²) in [5.74, 6) is -0.343. The monoisotopic (exact) mass is 448 g/mol. The van der Waals surface area contributed by atoms with Crippen LogP contribution in [0.2, 0.25) is 5.02 Å². The predicted molar refractivity (Wildman–Crippen MR) is 122 cm³/mol. The average molecular weight is 449 g/mol. The fourth-order valence-electron chi connectivity index (χ4n) is 3.68. The summed E-state index contributed by atoms with van der Waals surface area (Å²) in [5, 5.41) is 3.43. The number of carbonyl (C=O) groups excluding carboxylic acids is 1. The molecule has 162 valence electrons. The molecule has 2 aromatic carbocycles. The van der Waals surface area contributed by atoms with E-state index < -0.39 is 10.0 Å². The van der Waals surface area contributed by atoms with Gasteiger partial charge in [-0.3, -0.25) is 4.79 Å². The molecule has 7 heteroatoms. The maximum absolute atomic E-state index is 12.7. The van der Waals surface area contributed by atoms with Crippen LogP contribution in [0.4, 0.5) is 5.69 Å². The number of unbranched alkanes of at least 4 members (excludes halogenated alkanes) is 1. The van der Waals surface area contributed by atoms with Gasteiger partial charge in [-0.05, 0) is 55.0 Å². The van der Waals surface area contributed by atoms with E-state index >= 15 is 0 Å². The van der Waals surface area contributed by atoms with Crippen molar-refractivity contribution in [1.82, 2.24) is 4.31 Å². The molecular weight excluding hydrogens is 420 g/mol. The van der Waals surface area contributed by atoms with Gasteiger partial charge in [0.2, 0.25) is 15.9 Å². The van der Waals surface area contributed by atoms with Gasteiger partial charge in [-0.2, -0.15) is 0 Å². The number of aryl methyl sites for hydroxylation is 1. The lowest BCUT2D eigenvalue weighted by Crippen LogP contribution is -2.41. The second kappa shape index (κ2) is 10.4. The second-order valence-electron chi connectivity index (χ2n) is 7.81. The van der Waals surface area contributed by atoms with Gasteiger partial charge in [-0.1, -0.05) is 55.3 Å². The minimum absolute atomic E-state index is 0.0422. The molecule has 1 saturated heterocycles. The third-order valence-corrected chi connectivity index (χ3v) is 7.75. The standard InChI is InChI=1S/C23H29ClN2O3S/c1-2-3-6-18-9-11-21(12-10-18)25-23(27)19-13-15-26(16-14-19)30(28,29)17-20-7-4-5-8-22(20)24/h4-5,7-12,19H,2-3,6,13-17H2,1H3,(H,25,27). The first-order valence-corrected chi connectivity index (χ1v) is 12.5. The minimum atomic E-state index is -3.46. The highest BCUT2D eigenvalue weighted by atomic mass is 35.5. The summed E-state index contributed by atoms with van der Waals surface area (Å²) in [6.45, 7) is 2.86. The number of nitrogens with one attached hydrogen (secondary N) is 1. The smallest absolute Gasteiger partial charge is 0.227 e. The van der Waals surface area contributed by atoms with Crippen molar-refractivity contribution in [2.24, 2.45) is 5.92 Å². The number of hydrogen-bond acceptors (Lipinski definition) is 3. The molecule has 0 unspecified atom stereocenters. The van der Waals surface area contributed by atoms with Crippen LogP contribution in [0.1, 0.15) is 43.7 Å². The van der Waals surface area contributed by atoms with Gasteiger partial charge in [0, 0.05) is 29.7 Å². The molecule has 1 fully saturated rings. The average Bonchev–Trinajstić information content (AvgIpc) is 2.75. The molecule has 1 heterocycles. The molecule has 0 radical (unpaired) electrons. The van der Waals surface area contributed by atoms with Gasteiger partial charge in [0.25, 0.3) is 0 Å². The summed E-state index contributed by atoms with van der Waals surface area (Å²) in [6, 6.07) is 15.0. The number of piperidine rings is 1. The summed E-state index contributed by atoms with van der Waals surface area (Å²) in [6.07, 6.45) is 4.39. The van der Waals surface area contributed by atoms with E-state index in [1.54, 1.807) is 24.3 Å². The second-order valence-corrected chi connectivity index (χ2v) is 10.2. The normalized spacial score (nSPS) is 15.8. The summed E-state index contributed by atoms with van der Waals surface area (Å²) >= 11 is 6.11. The number of anilines is 1. The van der Waals surface area contributed by atoms with Gasteiger partial charge in [-0.15, -0.1) is 0 Å². The Kier molecular flexibility index (Phi) is 7.92. The highest BCUT2D eigenvalue weighted by Crippen LogP contribution is 2.25. The molecule has 1 N–H and O–H groups in total. The Morgan fingerprint density at radius 1 is 1.10 bits per heavy atom. The number of benzene rings is 2. The third kappa shape index (κ3) is 6.06. The van der Waals surface area contributed by atoms with Crippen molar-refractivity contribution in [3.05, 3.63) is 64.7 Å². The van der Waals surface area contributed by atoms with Gasteiger partial charge >= 0.3 is 0 Å². The summed E-state index contributed by atoms with van der Waals surface area (Å²) < 4.78 is 27.0. The number of hydrogen-bond donors (Lipinski definition) is 1. The summed E-state index contributed by atoms with van der Waals surface area (Å²) in [7, 11) is -3.46. The highest BCUT2D eigenvalue weighted by Gasteiger charge is 2.31. The molecule has 0 saturated carbocycles. The lowest BCUT2D eigenvalue weighted by atomic mass is 9.97. The van der Waals surface area contributed by atoms with Crippen LogP contribution in [-0.4, -0.2) is 31.7 Å². The van der Waals surface area contributed by atoms with Crippen LogP contribution in [0.25, 0.3) is 0 Å². The molecule has 5 nitrogen and oxygen atoms in total.